The van der Waals surface area contributed by atoms with Gasteiger partial charge in [0.25, 0.3) is 0 Å². The van der Waals surface area contributed by atoms with Crippen molar-refractivity contribution in [2.45, 2.75) is 6.61 Å². The maximum absolute atomic E-state index is 10.4. The van der Waals surface area contributed by atoms with E-state index in [2.05, 4.69) is 0 Å². The molecule has 0 aliphatic carbocycles. The molecule has 102 valence electrons. The number of ether oxygens (including phenoxy) is 2. The van der Waals surface area contributed by atoms with Crippen LogP contribution in [0.15, 0.2) is 54.6 Å². The van der Waals surface area contributed by atoms with Gasteiger partial charge in [0.15, 0.2) is 0 Å². The summed E-state index contributed by atoms with van der Waals surface area (Å²) in [7, 11) is 1.59. The first-order valence-corrected chi connectivity index (χ1v) is 6.30. The van der Waals surface area contributed by atoms with Crippen molar-refractivity contribution in [2.24, 2.45) is 0 Å². The van der Waals surface area contributed by atoms with Crippen molar-refractivity contribution in [3.63, 3.8) is 0 Å². The lowest BCUT2D eigenvalue weighted by Crippen LogP contribution is -1.96. The van der Waals surface area contributed by atoms with Gasteiger partial charge in [0.2, 0.25) is 0 Å². The van der Waals surface area contributed by atoms with Crippen LogP contribution in [0.4, 0.5) is 0 Å². The third-order valence-corrected chi connectivity index (χ3v) is 2.81. The molecule has 0 atom stereocenters. The van der Waals surface area contributed by atoms with Gasteiger partial charge in [-0.2, -0.15) is 0 Å². The number of rotatable bonds is 6. The van der Waals surface area contributed by atoms with Gasteiger partial charge in [-0.25, -0.2) is 0 Å². The zero-order valence-electron chi connectivity index (χ0n) is 11.3. The van der Waals surface area contributed by atoms with E-state index in [0.717, 1.165) is 23.2 Å². The smallest absolute Gasteiger partial charge is 0.142 e. The fourth-order valence-corrected chi connectivity index (χ4v) is 1.80. The van der Waals surface area contributed by atoms with Crippen molar-refractivity contribution < 1.29 is 14.3 Å². The van der Waals surface area contributed by atoms with Crippen LogP contribution in [-0.2, 0) is 11.4 Å². The fourth-order valence-electron chi connectivity index (χ4n) is 1.80. The topological polar surface area (TPSA) is 35.5 Å². The van der Waals surface area contributed by atoms with Crippen LogP contribution in [0.1, 0.15) is 11.1 Å². The minimum absolute atomic E-state index is 0.507. The second-order valence-corrected chi connectivity index (χ2v) is 4.17. The van der Waals surface area contributed by atoms with E-state index in [1.807, 2.05) is 48.5 Å². The summed E-state index contributed by atoms with van der Waals surface area (Å²) in [6.07, 6.45) is 3.87. The molecule has 0 unspecified atom stereocenters. The van der Waals surface area contributed by atoms with Gasteiger partial charge in [-0.05, 0) is 29.8 Å². The molecule has 0 saturated carbocycles. The summed E-state index contributed by atoms with van der Waals surface area (Å²) >= 11 is 0. The lowest BCUT2D eigenvalue weighted by molar-refractivity contribution is -0.104. The highest BCUT2D eigenvalue weighted by atomic mass is 16.5. The van der Waals surface area contributed by atoms with Crippen molar-refractivity contribution in [3.05, 3.63) is 65.7 Å². The summed E-state index contributed by atoms with van der Waals surface area (Å²) in [5.41, 5.74) is 1.95. The number of aldehydes is 1. The molecule has 0 fully saturated rings. The molecule has 0 radical (unpaired) electrons. The quantitative estimate of drug-likeness (QED) is 0.594. The van der Waals surface area contributed by atoms with E-state index in [0.29, 0.717) is 12.4 Å². The molecule has 0 bridgehead atoms. The molecule has 2 rings (SSSR count). The molecule has 20 heavy (non-hydrogen) atoms. The Hall–Kier alpha value is -2.55. The molecule has 0 heterocycles. The van der Waals surface area contributed by atoms with Crippen LogP contribution in [0, 0.1) is 0 Å². The van der Waals surface area contributed by atoms with Crippen molar-refractivity contribution in [1.29, 1.82) is 0 Å². The van der Waals surface area contributed by atoms with E-state index >= 15 is 0 Å². The van der Waals surface area contributed by atoms with E-state index in [4.69, 9.17) is 9.47 Å². The van der Waals surface area contributed by atoms with Gasteiger partial charge in [-0.15, -0.1) is 0 Å². The Morgan fingerprint density at radius 2 is 1.90 bits per heavy atom. The van der Waals surface area contributed by atoms with Crippen LogP contribution < -0.4 is 9.47 Å². The first-order chi connectivity index (χ1) is 9.83. The van der Waals surface area contributed by atoms with Crippen molar-refractivity contribution >= 4 is 12.4 Å². The summed E-state index contributed by atoms with van der Waals surface area (Å²) in [5.74, 6) is 1.41. The number of hydrogen-bond acceptors (Lipinski definition) is 3. The third-order valence-electron chi connectivity index (χ3n) is 2.81. The number of carbonyl (C=O) groups is 1. The van der Waals surface area contributed by atoms with Gasteiger partial charge < -0.3 is 9.47 Å². The van der Waals surface area contributed by atoms with Crippen LogP contribution in [0.2, 0.25) is 0 Å². The second kappa shape index (κ2) is 7.14. The third kappa shape index (κ3) is 3.72. The minimum Gasteiger partial charge on any atom is -0.496 e. The number of methoxy groups -OCH3 is 1. The minimum atomic E-state index is 0.507. The highest BCUT2D eigenvalue weighted by molar-refractivity contribution is 5.75. The molecule has 2 aromatic rings. The molecule has 2 aromatic carbocycles. The summed E-state index contributed by atoms with van der Waals surface area (Å²) in [6.45, 7) is 0.507. The highest BCUT2D eigenvalue weighted by Crippen LogP contribution is 2.26. The fraction of sp³-hybridized carbons (Fsp3) is 0.118. The van der Waals surface area contributed by atoms with Gasteiger partial charge in [0.05, 0.1) is 7.11 Å². The average Bonchev–Trinajstić information content (AvgIpc) is 2.52. The van der Waals surface area contributed by atoms with Crippen LogP contribution in [0.25, 0.3) is 6.08 Å². The Labute approximate surface area is 118 Å². The van der Waals surface area contributed by atoms with Crippen LogP contribution in [0.5, 0.6) is 11.5 Å². The number of allylic oxidation sites excluding steroid dienone is 1. The maximum Gasteiger partial charge on any atom is 0.142 e. The predicted molar refractivity (Wildman–Crippen MR) is 78.9 cm³/mol. The molecule has 0 saturated heterocycles. The SMILES string of the molecule is COc1cc(OCc2ccccc2)ccc1/C=C/C=O. The molecule has 0 spiro atoms. The van der Waals surface area contributed by atoms with Crippen LogP contribution >= 0.6 is 0 Å². The zero-order chi connectivity index (χ0) is 14.2. The number of carbonyl (C=O) groups excluding carboxylic acids is 1. The largest absolute Gasteiger partial charge is 0.496 e. The van der Waals surface area contributed by atoms with E-state index in [9.17, 15) is 4.79 Å². The van der Waals surface area contributed by atoms with E-state index < -0.39 is 0 Å². The normalized spacial score (nSPS) is 10.4. The molecule has 0 aromatic heterocycles. The monoisotopic (exact) mass is 268 g/mol. The average molecular weight is 268 g/mol. The Morgan fingerprint density at radius 1 is 1.10 bits per heavy atom. The number of benzene rings is 2. The summed E-state index contributed by atoms with van der Waals surface area (Å²) < 4.78 is 11.0. The van der Waals surface area contributed by atoms with Gasteiger partial charge in [0, 0.05) is 11.6 Å². The molecule has 0 aliphatic rings. The Morgan fingerprint density at radius 3 is 2.60 bits per heavy atom. The van der Waals surface area contributed by atoms with Gasteiger partial charge in [-0.3, -0.25) is 4.79 Å². The van der Waals surface area contributed by atoms with Crippen molar-refractivity contribution in [1.82, 2.24) is 0 Å². The van der Waals surface area contributed by atoms with Crippen molar-refractivity contribution in [3.8, 4) is 11.5 Å². The molecule has 3 heteroatoms. The number of hydrogen-bond donors (Lipinski definition) is 0. The Bertz CT molecular complexity index is 588. The lowest BCUT2D eigenvalue weighted by Gasteiger charge is -2.10. The molecule has 0 aliphatic heterocycles. The second-order valence-electron chi connectivity index (χ2n) is 4.17. The maximum atomic E-state index is 10.4. The highest BCUT2D eigenvalue weighted by Gasteiger charge is 2.03. The zero-order valence-corrected chi connectivity index (χ0v) is 11.3. The lowest BCUT2D eigenvalue weighted by atomic mass is 10.1. The standard InChI is InChI=1S/C17H16O3/c1-19-17-12-16(10-9-15(17)8-5-11-18)20-13-14-6-3-2-4-7-14/h2-12H,13H2,1H3/b8-5+. The van der Waals surface area contributed by atoms with Crippen molar-refractivity contribution in [2.75, 3.05) is 7.11 Å². The Balaban J connectivity index is 2.09. The predicted octanol–water partition coefficient (Wildman–Crippen LogP) is 3.49. The molecular weight excluding hydrogens is 252 g/mol. The van der Waals surface area contributed by atoms with Crippen LogP contribution in [-0.4, -0.2) is 13.4 Å². The van der Waals surface area contributed by atoms with Gasteiger partial charge >= 0.3 is 0 Å². The molecule has 0 amide bonds. The molecular formula is C17H16O3. The first-order valence-electron chi connectivity index (χ1n) is 6.30. The van der Waals surface area contributed by atoms with Gasteiger partial charge in [-0.1, -0.05) is 30.3 Å². The van der Waals surface area contributed by atoms with E-state index in [1.165, 1.54) is 6.08 Å². The first kappa shape index (κ1) is 13.9. The van der Waals surface area contributed by atoms with E-state index in [1.54, 1.807) is 13.2 Å². The van der Waals surface area contributed by atoms with E-state index in [-0.39, 0.29) is 0 Å². The molecule has 3 nitrogen and oxygen atoms in total. The summed E-state index contributed by atoms with van der Waals surface area (Å²) in [6, 6.07) is 15.5. The summed E-state index contributed by atoms with van der Waals surface area (Å²) in [4.78, 5) is 10.4. The van der Waals surface area contributed by atoms with Gasteiger partial charge in [0.1, 0.15) is 24.4 Å². The Kier molecular flexibility index (Phi) is 4.95. The molecule has 0 N–H and O–H groups in total. The summed E-state index contributed by atoms with van der Waals surface area (Å²) in [5, 5.41) is 0. The van der Waals surface area contributed by atoms with Crippen LogP contribution in [0.3, 0.4) is 0 Å².